The predicted octanol–water partition coefficient (Wildman–Crippen LogP) is 11.7. The Balaban J connectivity index is 1.00. The average molecular weight is 937 g/mol. The Bertz CT molecular complexity index is 2860. The number of amides is 1. The first-order valence-corrected chi connectivity index (χ1v) is 24.2. The Morgan fingerprint density at radius 2 is 1.57 bits per heavy atom. The number of aliphatic hydroxyl groups is 2. The first kappa shape index (κ1) is 44.8. The van der Waals surface area contributed by atoms with Gasteiger partial charge >= 0.3 is 12.1 Å². The van der Waals surface area contributed by atoms with Gasteiger partial charge in [-0.25, -0.2) is 0 Å². The van der Waals surface area contributed by atoms with Crippen LogP contribution in [0.1, 0.15) is 114 Å². The molecule has 1 saturated heterocycles. The molecule has 0 radical (unpaired) electrons. The first-order chi connectivity index (χ1) is 31.5. The average Bonchev–Trinajstić information content (AvgIpc) is 3.97. The zero-order chi connectivity index (χ0) is 47.5. The van der Waals surface area contributed by atoms with Gasteiger partial charge in [0.25, 0.3) is 5.91 Å². The highest BCUT2D eigenvalue weighted by atomic mass is 35.5. The fourth-order valence-electron chi connectivity index (χ4n) is 15.4. The van der Waals surface area contributed by atoms with Gasteiger partial charge in [-0.2, -0.15) is 13.2 Å². The van der Waals surface area contributed by atoms with Crippen molar-refractivity contribution in [3.8, 4) is 11.3 Å². The molecule has 8 nitrogen and oxygen atoms in total. The number of esters is 1. The summed E-state index contributed by atoms with van der Waals surface area (Å²) in [5, 5.41) is 26.9. The summed E-state index contributed by atoms with van der Waals surface area (Å²) in [7, 11) is 0. The molecule has 10 unspecified atom stereocenters. The SMILES string of the molecule is CC12CCC(C(=O)N(Cc3cccc4ccccc34)CC3(O)CCC4C56C=CC7(C=C5C(=O)c5ccc(-c8cc(C(F)(F)F)ccc8Cl)o5)CC(O)CCC7(C)C6CCC43C)(OC1=O)C2(C)C. The molecule has 2 N–H and O–H groups in total. The number of carbonyl (C=O) groups is 3. The van der Waals surface area contributed by atoms with Crippen molar-refractivity contribution in [2.24, 2.45) is 44.3 Å². The lowest BCUT2D eigenvalue weighted by atomic mass is 9.32. The van der Waals surface area contributed by atoms with E-state index in [-0.39, 0.29) is 64.3 Å². The van der Waals surface area contributed by atoms with Gasteiger partial charge in [0.1, 0.15) is 5.76 Å². The molecule has 12 rings (SSSR count). The number of aliphatic hydroxyl groups excluding tert-OH is 1. The van der Waals surface area contributed by atoms with Crippen molar-refractivity contribution in [3.05, 3.63) is 119 Å². The fourth-order valence-corrected chi connectivity index (χ4v) is 15.6. The molecule has 1 aliphatic heterocycles. The highest BCUT2D eigenvalue weighted by molar-refractivity contribution is 6.33. The van der Waals surface area contributed by atoms with Gasteiger partial charge in [0.05, 0.1) is 34.3 Å². The molecule has 1 amide bonds. The zero-order valence-corrected chi connectivity index (χ0v) is 39.3. The molecular weight excluding hydrogens is 879 g/mol. The number of halogens is 4. The standard InChI is InChI=1S/C55H57ClF3NO7/c1-47(2)50(5)23-26-54(47,67-46(50)64)45(63)60(30-33-11-8-10-32-9-6-7-12-36(32)33)31-52(65)22-19-43-49(52,4)21-18-42-48(3)20-17-35(61)28-51(48)24-25-53(42,43)38(29-51)44(62)41-16-15-40(66-41)37-27-34(55(57,58)59)13-14-39(37)56/h6-16,24-25,27,29,35,42-43,61,65H,17-23,26,28,30-31H2,1-5H3. The molecule has 10 atom stereocenters. The molecule has 2 heterocycles. The highest BCUT2D eigenvalue weighted by Crippen LogP contribution is 2.79. The van der Waals surface area contributed by atoms with E-state index in [4.69, 9.17) is 20.8 Å². The maximum atomic E-state index is 15.6. The number of Topliss-reactive ketones (excluding diaryl/α,β-unsaturated/α-hetero) is 1. The summed E-state index contributed by atoms with van der Waals surface area (Å²) in [6, 6.07) is 20.0. The van der Waals surface area contributed by atoms with Gasteiger partial charge in [0.2, 0.25) is 5.78 Å². The largest absolute Gasteiger partial charge is 0.453 e. The summed E-state index contributed by atoms with van der Waals surface area (Å²) in [5.41, 5.74) is -6.72. The second-order valence-corrected chi connectivity index (χ2v) is 22.9. The molecule has 8 aliphatic rings. The van der Waals surface area contributed by atoms with Crippen LogP contribution in [0.5, 0.6) is 0 Å². The van der Waals surface area contributed by atoms with Gasteiger partial charge in [0, 0.05) is 39.3 Å². The molecule has 2 spiro atoms. The van der Waals surface area contributed by atoms with Crippen LogP contribution in [0.25, 0.3) is 22.1 Å². The van der Waals surface area contributed by atoms with Gasteiger partial charge in [-0.05, 0) is 129 Å². The zero-order valence-electron chi connectivity index (χ0n) is 38.6. The quantitative estimate of drug-likeness (QED) is 0.103. The lowest BCUT2D eigenvalue weighted by molar-refractivity contribution is -0.187. The lowest BCUT2D eigenvalue weighted by Gasteiger charge is -2.71. The Kier molecular flexibility index (Phi) is 9.48. The van der Waals surface area contributed by atoms with Crippen LogP contribution in [0.3, 0.4) is 0 Å². The number of ether oxygens (including phenoxy) is 1. The van der Waals surface area contributed by atoms with E-state index in [1.807, 2.05) is 63.2 Å². The molecule has 12 heteroatoms. The molecule has 3 aromatic carbocycles. The number of nitrogens with zero attached hydrogens (tertiary/aromatic N) is 1. The Hall–Kier alpha value is -4.71. The number of benzene rings is 3. The normalized spacial score (nSPS) is 37.7. The molecule has 67 heavy (non-hydrogen) atoms. The van der Waals surface area contributed by atoms with Crippen LogP contribution in [0.15, 0.2) is 101 Å². The molecule has 5 fully saturated rings. The van der Waals surface area contributed by atoms with Crippen molar-refractivity contribution in [2.75, 3.05) is 6.54 Å². The number of hydrogen-bond donors (Lipinski definition) is 2. The number of fused-ring (bicyclic) bond motifs is 4. The number of carbonyl (C=O) groups excluding carboxylic acids is 3. The van der Waals surface area contributed by atoms with Crippen LogP contribution in [0, 0.1) is 44.3 Å². The third kappa shape index (κ3) is 5.71. The monoisotopic (exact) mass is 935 g/mol. The van der Waals surface area contributed by atoms with E-state index in [1.54, 1.807) is 4.90 Å². The van der Waals surface area contributed by atoms with Crippen molar-refractivity contribution in [2.45, 2.75) is 122 Å². The summed E-state index contributed by atoms with van der Waals surface area (Å²) in [4.78, 5) is 46.4. The minimum Gasteiger partial charge on any atom is -0.453 e. The van der Waals surface area contributed by atoms with Gasteiger partial charge < -0.3 is 24.3 Å². The highest BCUT2D eigenvalue weighted by Gasteiger charge is 2.78. The van der Waals surface area contributed by atoms with Crippen molar-refractivity contribution in [3.63, 3.8) is 0 Å². The van der Waals surface area contributed by atoms with Gasteiger partial charge in [-0.15, -0.1) is 0 Å². The fraction of sp³-hybridized carbons (Fsp3) is 0.509. The van der Waals surface area contributed by atoms with Gasteiger partial charge in [0.15, 0.2) is 11.4 Å². The lowest BCUT2D eigenvalue weighted by Crippen LogP contribution is -2.67. The maximum absolute atomic E-state index is 15.6. The number of alkyl halides is 3. The van der Waals surface area contributed by atoms with Crippen molar-refractivity contribution in [1.29, 1.82) is 0 Å². The molecule has 7 aliphatic carbocycles. The molecule has 1 aromatic heterocycles. The summed E-state index contributed by atoms with van der Waals surface area (Å²) in [6.45, 7) is 10.3. The van der Waals surface area contributed by atoms with E-state index in [0.29, 0.717) is 56.9 Å². The maximum Gasteiger partial charge on any atom is 0.416 e. The molecule has 4 aromatic rings. The number of furan rings is 1. The van der Waals surface area contributed by atoms with Gasteiger partial charge in [-0.3, -0.25) is 14.4 Å². The van der Waals surface area contributed by atoms with Gasteiger partial charge in [-0.1, -0.05) is 100.0 Å². The third-order valence-corrected chi connectivity index (χ3v) is 20.1. The molecule has 352 valence electrons. The number of rotatable bonds is 8. The van der Waals surface area contributed by atoms with E-state index in [2.05, 4.69) is 32.1 Å². The number of hydrogen-bond acceptors (Lipinski definition) is 7. The Morgan fingerprint density at radius 1 is 0.851 bits per heavy atom. The van der Waals surface area contributed by atoms with E-state index < -0.39 is 61.9 Å². The van der Waals surface area contributed by atoms with Crippen LogP contribution in [0.2, 0.25) is 5.02 Å². The van der Waals surface area contributed by atoms with E-state index in [0.717, 1.165) is 34.9 Å². The van der Waals surface area contributed by atoms with Crippen molar-refractivity contribution in [1.82, 2.24) is 4.90 Å². The van der Waals surface area contributed by atoms with Crippen LogP contribution in [-0.4, -0.2) is 56.6 Å². The second kappa shape index (κ2) is 14.2. The third-order valence-electron chi connectivity index (χ3n) is 19.8. The summed E-state index contributed by atoms with van der Waals surface area (Å²) >= 11 is 6.45. The van der Waals surface area contributed by atoms with E-state index in [9.17, 15) is 28.2 Å². The van der Waals surface area contributed by atoms with Crippen molar-refractivity contribution >= 4 is 40.0 Å². The second-order valence-electron chi connectivity index (χ2n) is 22.5. The predicted molar refractivity (Wildman–Crippen MR) is 246 cm³/mol. The number of ketones is 1. The van der Waals surface area contributed by atoms with Crippen LogP contribution in [0.4, 0.5) is 13.2 Å². The number of allylic oxidation sites excluding steroid dienone is 4. The topological polar surface area (TPSA) is 117 Å². The Morgan fingerprint density at radius 3 is 2.30 bits per heavy atom. The summed E-state index contributed by atoms with van der Waals surface area (Å²) < 4.78 is 53.9. The van der Waals surface area contributed by atoms with E-state index in [1.165, 1.54) is 18.2 Å². The van der Waals surface area contributed by atoms with E-state index >= 15 is 9.59 Å². The van der Waals surface area contributed by atoms with Crippen LogP contribution < -0.4 is 0 Å². The minimum absolute atomic E-state index is 0.0124. The first-order valence-electron chi connectivity index (χ1n) is 23.8. The molecule has 4 bridgehead atoms. The minimum atomic E-state index is -4.62. The summed E-state index contributed by atoms with van der Waals surface area (Å²) in [6.07, 6.45) is 6.06. The van der Waals surface area contributed by atoms with Crippen molar-refractivity contribution < 1.29 is 46.9 Å². The van der Waals surface area contributed by atoms with Crippen LogP contribution >= 0.6 is 11.6 Å². The Labute approximate surface area is 393 Å². The van der Waals surface area contributed by atoms with Crippen LogP contribution in [-0.2, 0) is 27.0 Å². The summed E-state index contributed by atoms with van der Waals surface area (Å²) in [5.74, 6) is -1.44. The smallest absolute Gasteiger partial charge is 0.416 e. The molecular formula is C55H57ClF3NO7. The molecule has 4 saturated carbocycles.